The van der Waals surface area contributed by atoms with Crippen molar-refractivity contribution in [1.82, 2.24) is 0 Å². The van der Waals surface area contributed by atoms with E-state index in [-0.39, 0.29) is 0 Å². The van der Waals surface area contributed by atoms with Crippen LogP contribution in [0.1, 0.15) is 215 Å². The zero-order valence-corrected chi connectivity index (χ0v) is 51.1. The molecule has 6 aromatic carbocycles. The van der Waals surface area contributed by atoms with Gasteiger partial charge in [0, 0.05) is 23.0 Å². The second kappa shape index (κ2) is 24.9. The van der Waals surface area contributed by atoms with Gasteiger partial charge < -0.3 is 4.74 Å². The molecule has 1 aliphatic rings. The minimum atomic E-state index is -2.74. The van der Waals surface area contributed by atoms with Gasteiger partial charge in [0.15, 0.2) is 0 Å². The Labute approximate surface area is 450 Å². The van der Waals surface area contributed by atoms with Crippen molar-refractivity contribution in [3.63, 3.8) is 0 Å². The second-order valence-corrected chi connectivity index (χ2v) is 46.3. The monoisotopic (exact) mass is 1120 g/mol. The highest BCUT2D eigenvalue weighted by Crippen LogP contribution is 2.59. The highest BCUT2D eigenvalue weighted by Gasteiger charge is 2.37. The van der Waals surface area contributed by atoms with Crippen LogP contribution in [0, 0.1) is 0 Å². The number of benzene rings is 6. The van der Waals surface area contributed by atoms with Crippen molar-refractivity contribution in [3.05, 3.63) is 154 Å². The number of rotatable bonds is 16. The maximum Gasteiger partial charge on any atom is 0.328 e. The minimum Gasteiger partial charge on any atom is -0.381 e. The number of hydrogen-bond donors (Lipinski definition) is 0. The summed E-state index contributed by atoms with van der Waals surface area (Å²) >= 11 is 13.4. The van der Waals surface area contributed by atoms with Crippen molar-refractivity contribution < 1.29 is 4.74 Å². The van der Waals surface area contributed by atoms with Gasteiger partial charge in [-0.05, 0) is 149 Å². The van der Waals surface area contributed by atoms with E-state index in [0.717, 1.165) is 13.2 Å². The Balaban J connectivity index is 0.00000151. The molecule has 0 amide bonds. The molecule has 0 unspecified atom stereocenters. The molecule has 0 aliphatic carbocycles. The van der Waals surface area contributed by atoms with Crippen LogP contribution in [0.25, 0.3) is 44.5 Å². The van der Waals surface area contributed by atoms with Crippen LogP contribution in [0.3, 0.4) is 0 Å². The third-order valence-corrected chi connectivity index (χ3v) is 25.6. The van der Waals surface area contributed by atoms with Gasteiger partial charge in [0.05, 0.1) is 0 Å². The maximum atomic E-state index is 4.94. The van der Waals surface area contributed by atoms with Gasteiger partial charge in [-0.15, -0.1) is 22.4 Å². The third kappa shape index (κ3) is 12.9. The van der Waals surface area contributed by atoms with Gasteiger partial charge in [0.2, 0.25) is 0 Å². The van der Waals surface area contributed by atoms with Crippen LogP contribution in [0.2, 0.25) is 0 Å². The van der Waals surface area contributed by atoms with Gasteiger partial charge in [-0.1, -0.05) is 251 Å². The molecule has 1 saturated heterocycles. The van der Waals surface area contributed by atoms with Crippen molar-refractivity contribution in [2.75, 3.05) is 13.2 Å². The molecule has 0 radical (unpaired) electrons. The van der Waals surface area contributed by atoms with Crippen LogP contribution in [0.4, 0.5) is 0 Å². The fourth-order valence-corrected chi connectivity index (χ4v) is 22.5. The van der Waals surface area contributed by atoms with Gasteiger partial charge in [0.25, 0.3) is 0 Å². The smallest absolute Gasteiger partial charge is 0.328 e. The van der Waals surface area contributed by atoms with E-state index in [1.54, 1.807) is 0 Å². The average molecular weight is 1120 g/mol. The SMILES string of the molecule is C1CCOC1.CC(C)c1cccc(C(C)C)c1-c1cccc(-c2c(C(C)C)cccc2C(C)C)c1S[Si](Br)(Br)Sc1c(-c2c(C(C)C)cccc2C(C)C)cccc1-c1c(C(C)C)cccc1C(C)C. The summed E-state index contributed by atoms with van der Waals surface area (Å²) in [5, 5.41) is 0. The van der Waals surface area contributed by atoms with Crippen molar-refractivity contribution >= 4 is 56.6 Å². The Morgan fingerprint density at radius 1 is 0.329 bits per heavy atom. The van der Waals surface area contributed by atoms with Crippen LogP contribution in [-0.2, 0) is 4.74 Å². The average Bonchev–Trinajstić information content (AvgIpc) is 3.91. The first kappa shape index (κ1) is 56.5. The summed E-state index contributed by atoms with van der Waals surface area (Å²) in [6.45, 7) is 39.7. The third-order valence-electron chi connectivity index (χ3n) is 13.9. The first-order chi connectivity index (χ1) is 33.2. The van der Waals surface area contributed by atoms with E-state index in [1.165, 1.54) is 112 Å². The predicted molar refractivity (Wildman–Crippen MR) is 323 cm³/mol. The first-order valence-corrected chi connectivity index (χ1v) is 35.9. The Bertz CT molecular complexity index is 2250. The highest BCUT2D eigenvalue weighted by molar-refractivity contribution is 9.64. The molecule has 374 valence electrons. The molecule has 1 nitrogen and oxygen atoms in total. The zero-order chi connectivity index (χ0) is 51.2. The number of halogens is 2. The van der Waals surface area contributed by atoms with Crippen LogP contribution in [-0.4, -0.2) is 16.8 Å². The van der Waals surface area contributed by atoms with Gasteiger partial charge >= 0.3 is 3.61 Å². The van der Waals surface area contributed by atoms with E-state index in [2.05, 4.69) is 273 Å². The van der Waals surface area contributed by atoms with Crippen molar-refractivity contribution in [3.8, 4) is 44.5 Å². The number of ether oxygens (including phenoxy) is 1. The van der Waals surface area contributed by atoms with Gasteiger partial charge in [-0.2, -0.15) is 0 Å². The van der Waals surface area contributed by atoms with E-state index in [0.29, 0.717) is 47.3 Å². The normalized spacial score (nSPS) is 13.3. The molecule has 0 atom stereocenters. The molecule has 0 saturated carbocycles. The van der Waals surface area contributed by atoms with Crippen molar-refractivity contribution in [1.29, 1.82) is 0 Å². The van der Waals surface area contributed by atoms with E-state index in [9.17, 15) is 0 Å². The molecular formula is C64H82Br2OS2Si. The summed E-state index contributed by atoms with van der Waals surface area (Å²) in [6, 6.07) is 42.4. The maximum absolute atomic E-state index is 4.94. The van der Waals surface area contributed by atoms with Crippen LogP contribution in [0.5, 0.6) is 0 Å². The Morgan fingerprint density at radius 3 is 0.671 bits per heavy atom. The molecule has 70 heavy (non-hydrogen) atoms. The lowest BCUT2D eigenvalue weighted by Crippen LogP contribution is -2.11. The molecule has 0 spiro atoms. The fraction of sp³-hybridized carbons (Fsp3) is 0.438. The standard InChI is InChI=1S/C60H74Br2S2Si.C4H8O/c1-35(2)43-23-17-24-44(36(3)4)55(43)51-31-21-32-52(56-45(37(5)6)25-18-26-46(56)38(7)8)59(51)63-65(61,62)64-60-53(57-47(39(9)10)27-19-28-48(57)40(11)12)33-22-34-54(60)58-49(41(13)14)29-20-30-50(58)42(15)16;1-2-4-5-3-1/h17-42H,1-16H3;1-4H2. The van der Waals surface area contributed by atoms with Gasteiger partial charge in [-0.25, -0.2) is 0 Å². The Hall–Kier alpha value is -2.84. The molecule has 7 rings (SSSR count). The summed E-state index contributed by atoms with van der Waals surface area (Å²) in [5.41, 5.74) is 22.2. The molecule has 1 heterocycles. The molecule has 0 aromatic heterocycles. The highest BCUT2D eigenvalue weighted by atomic mass is 79.9. The lowest BCUT2D eigenvalue weighted by molar-refractivity contribution is 0.198. The van der Waals surface area contributed by atoms with Crippen molar-refractivity contribution in [2.45, 2.75) is 181 Å². The summed E-state index contributed by atoms with van der Waals surface area (Å²) < 4.78 is 2.20. The molecular weight excluding hydrogens is 1040 g/mol. The summed E-state index contributed by atoms with van der Waals surface area (Å²) in [4.78, 5) is 2.70. The first-order valence-electron chi connectivity index (χ1n) is 26.3. The van der Waals surface area contributed by atoms with E-state index < -0.39 is 3.61 Å². The topological polar surface area (TPSA) is 9.23 Å². The molecule has 1 aliphatic heterocycles. The minimum absolute atomic E-state index is 0.366. The van der Waals surface area contributed by atoms with Crippen molar-refractivity contribution in [2.24, 2.45) is 0 Å². The largest absolute Gasteiger partial charge is 0.381 e. The molecule has 6 aromatic rings. The lowest BCUT2D eigenvalue weighted by Gasteiger charge is -2.30. The van der Waals surface area contributed by atoms with Crippen LogP contribution < -0.4 is 0 Å². The van der Waals surface area contributed by atoms with E-state index in [4.69, 9.17) is 4.74 Å². The fourth-order valence-electron chi connectivity index (χ4n) is 10.3. The molecule has 6 heteroatoms. The summed E-state index contributed by atoms with van der Waals surface area (Å²) in [5.74, 6) is 2.93. The van der Waals surface area contributed by atoms with Gasteiger partial charge in [0.1, 0.15) is 0 Å². The zero-order valence-electron chi connectivity index (χ0n) is 45.3. The lowest BCUT2D eigenvalue weighted by atomic mass is 9.82. The predicted octanol–water partition coefficient (Wildman–Crippen LogP) is 22.2. The molecule has 0 N–H and O–H groups in total. The second-order valence-electron chi connectivity index (χ2n) is 21.8. The Kier molecular flexibility index (Phi) is 20.1. The molecule has 1 fully saturated rings. The quantitative estimate of drug-likeness (QED) is 0.0706. The van der Waals surface area contributed by atoms with Gasteiger partial charge in [-0.3, -0.25) is 0 Å². The number of hydrogen-bond acceptors (Lipinski definition) is 3. The Morgan fingerprint density at radius 2 is 0.514 bits per heavy atom. The van der Waals surface area contributed by atoms with E-state index in [1.807, 2.05) is 0 Å². The summed E-state index contributed by atoms with van der Waals surface area (Å²) in [6.07, 6.45) is 2.56. The molecule has 0 bridgehead atoms. The van der Waals surface area contributed by atoms with Crippen LogP contribution >= 0.6 is 53.0 Å². The van der Waals surface area contributed by atoms with E-state index >= 15 is 0 Å². The summed E-state index contributed by atoms with van der Waals surface area (Å²) in [7, 11) is 0. The van der Waals surface area contributed by atoms with Crippen LogP contribution in [0.15, 0.2) is 119 Å².